The Hall–Kier alpha value is -2.31. The van der Waals surface area contributed by atoms with Gasteiger partial charge in [-0.1, -0.05) is 13.8 Å². The predicted octanol–water partition coefficient (Wildman–Crippen LogP) is 3.66. The Labute approximate surface area is 119 Å². The van der Waals surface area contributed by atoms with Crippen LogP contribution in [-0.2, 0) is 6.18 Å². The Balaban J connectivity index is 2.24. The highest BCUT2D eigenvalue weighted by atomic mass is 19.4. The molecule has 0 amide bonds. The molecule has 4 nitrogen and oxygen atoms in total. The monoisotopic (exact) mass is 297 g/mol. The van der Waals surface area contributed by atoms with Crippen molar-refractivity contribution in [3.8, 4) is 0 Å². The van der Waals surface area contributed by atoms with Gasteiger partial charge in [-0.05, 0) is 30.2 Å². The number of alkyl halides is 3. The predicted molar refractivity (Wildman–Crippen MR) is 73.7 cm³/mol. The lowest BCUT2D eigenvalue weighted by molar-refractivity contribution is -0.137. The zero-order valence-corrected chi connectivity index (χ0v) is 11.5. The Morgan fingerprint density at radius 1 is 1.19 bits per heavy atom. The van der Waals surface area contributed by atoms with Crippen LogP contribution in [0.2, 0.25) is 0 Å². The fourth-order valence-electron chi connectivity index (χ4n) is 1.71. The first-order valence-corrected chi connectivity index (χ1v) is 6.31. The average molecular weight is 297 g/mol. The third kappa shape index (κ3) is 3.84. The molecule has 1 heterocycles. The van der Waals surface area contributed by atoms with Crippen molar-refractivity contribution in [3.05, 3.63) is 51.9 Å². The molecule has 2 aromatic rings. The van der Waals surface area contributed by atoms with Gasteiger partial charge in [-0.3, -0.25) is 9.78 Å². The molecule has 0 aliphatic rings. The van der Waals surface area contributed by atoms with Crippen LogP contribution in [0.4, 0.5) is 24.8 Å². The van der Waals surface area contributed by atoms with E-state index in [0.717, 1.165) is 12.1 Å². The summed E-state index contributed by atoms with van der Waals surface area (Å²) in [6.07, 6.45) is -4.37. The maximum Gasteiger partial charge on any atom is 0.416 e. The van der Waals surface area contributed by atoms with Gasteiger partial charge in [0.2, 0.25) is 5.95 Å². The van der Waals surface area contributed by atoms with Gasteiger partial charge in [0.1, 0.15) is 0 Å². The highest BCUT2D eigenvalue weighted by molar-refractivity contribution is 5.53. The largest absolute Gasteiger partial charge is 0.416 e. The fourth-order valence-corrected chi connectivity index (χ4v) is 1.71. The number of anilines is 2. The van der Waals surface area contributed by atoms with Gasteiger partial charge in [-0.2, -0.15) is 13.2 Å². The Morgan fingerprint density at radius 2 is 1.81 bits per heavy atom. The zero-order valence-electron chi connectivity index (χ0n) is 11.5. The summed E-state index contributed by atoms with van der Waals surface area (Å²) in [7, 11) is 0. The average Bonchev–Trinajstić information content (AvgIpc) is 2.37. The highest BCUT2D eigenvalue weighted by Gasteiger charge is 2.29. The molecule has 0 saturated heterocycles. The smallest absolute Gasteiger partial charge is 0.326 e. The minimum atomic E-state index is -4.37. The molecule has 1 aromatic carbocycles. The van der Waals surface area contributed by atoms with Crippen molar-refractivity contribution in [2.45, 2.75) is 25.9 Å². The van der Waals surface area contributed by atoms with Crippen LogP contribution in [0.15, 0.2) is 35.1 Å². The minimum absolute atomic E-state index is 0.0699. The molecule has 0 aliphatic heterocycles. The van der Waals surface area contributed by atoms with E-state index in [0.29, 0.717) is 11.4 Å². The van der Waals surface area contributed by atoms with Crippen LogP contribution in [0.3, 0.4) is 0 Å². The number of aromatic amines is 1. The summed E-state index contributed by atoms with van der Waals surface area (Å²) in [6.45, 7) is 3.79. The van der Waals surface area contributed by atoms with Gasteiger partial charge >= 0.3 is 6.18 Å². The van der Waals surface area contributed by atoms with Gasteiger partial charge in [0.25, 0.3) is 5.56 Å². The molecule has 21 heavy (non-hydrogen) atoms. The van der Waals surface area contributed by atoms with Crippen LogP contribution in [0.5, 0.6) is 0 Å². The van der Waals surface area contributed by atoms with Crippen molar-refractivity contribution in [1.82, 2.24) is 9.97 Å². The van der Waals surface area contributed by atoms with E-state index in [1.165, 1.54) is 18.2 Å². The first-order chi connectivity index (χ1) is 9.75. The molecule has 2 rings (SSSR count). The summed E-state index contributed by atoms with van der Waals surface area (Å²) in [4.78, 5) is 18.2. The second kappa shape index (κ2) is 5.59. The van der Waals surface area contributed by atoms with Crippen LogP contribution >= 0.6 is 0 Å². The summed E-state index contributed by atoms with van der Waals surface area (Å²) < 4.78 is 37.4. The van der Waals surface area contributed by atoms with Crippen molar-refractivity contribution >= 4 is 11.6 Å². The maximum atomic E-state index is 12.5. The number of rotatable bonds is 3. The molecule has 0 atom stereocenters. The molecule has 0 fully saturated rings. The lowest BCUT2D eigenvalue weighted by Crippen LogP contribution is -2.13. The number of aromatic nitrogens is 2. The van der Waals surface area contributed by atoms with E-state index in [9.17, 15) is 18.0 Å². The van der Waals surface area contributed by atoms with E-state index >= 15 is 0 Å². The molecule has 112 valence electrons. The number of H-pyrrole nitrogens is 1. The van der Waals surface area contributed by atoms with E-state index in [2.05, 4.69) is 15.3 Å². The third-order valence-electron chi connectivity index (χ3n) is 2.83. The number of nitrogens with zero attached hydrogens (tertiary/aromatic N) is 1. The molecule has 2 N–H and O–H groups in total. The van der Waals surface area contributed by atoms with E-state index < -0.39 is 11.7 Å². The zero-order chi connectivity index (χ0) is 15.6. The molecular weight excluding hydrogens is 283 g/mol. The van der Waals surface area contributed by atoms with Crippen molar-refractivity contribution in [2.75, 3.05) is 5.32 Å². The fraction of sp³-hybridized carbons (Fsp3) is 0.286. The van der Waals surface area contributed by atoms with E-state index in [4.69, 9.17) is 0 Å². The number of hydrogen-bond donors (Lipinski definition) is 2. The Bertz CT molecular complexity index is 675. The maximum absolute atomic E-state index is 12.5. The van der Waals surface area contributed by atoms with Crippen molar-refractivity contribution in [1.29, 1.82) is 0 Å². The van der Waals surface area contributed by atoms with Crippen LogP contribution in [0.25, 0.3) is 0 Å². The van der Waals surface area contributed by atoms with Gasteiger partial charge in [-0.15, -0.1) is 0 Å². The van der Waals surface area contributed by atoms with Gasteiger partial charge in [0.05, 0.1) is 11.3 Å². The van der Waals surface area contributed by atoms with Crippen LogP contribution in [-0.4, -0.2) is 9.97 Å². The molecule has 0 bridgehead atoms. The summed E-state index contributed by atoms with van der Waals surface area (Å²) in [6, 6.07) is 5.89. The number of halogens is 3. The second-order valence-electron chi connectivity index (χ2n) is 4.87. The van der Waals surface area contributed by atoms with Crippen molar-refractivity contribution in [3.63, 3.8) is 0 Å². The summed E-state index contributed by atoms with van der Waals surface area (Å²) in [5.41, 5.74) is -0.0336. The van der Waals surface area contributed by atoms with E-state index in [-0.39, 0.29) is 17.4 Å². The molecule has 0 radical (unpaired) electrons. The number of benzene rings is 1. The highest BCUT2D eigenvalue weighted by Crippen LogP contribution is 2.30. The minimum Gasteiger partial charge on any atom is -0.326 e. The van der Waals surface area contributed by atoms with Crippen molar-refractivity contribution < 1.29 is 13.2 Å². The summed E-state index contributed by atoms with van der Waals surface area (Å²) in [5, 5.41) is 2.78. The molecule has 0 aliphatic carbocycles. The Kier molecular flexibility index (Phi) is 4.02. The quantitative estimate of drug-likeness (QED) is 0.909. The summed E-state index contributed by atoms with van der Waals surface area (Å²) in [5.74, 6) is 0.270. The number of hydrogen-bond acceptors (Lipinski definition) is 3. The molecule has 1 aromatic heterocycles. The van der Waals surface area contributed by atoms with Crippen molar-refractivity contribution in [2.24, 2.45) is 0 Å². The van der Waals surface area contributed by atoms with Crippen LogP contribution < -0.4 is 10.9 Å². The molecule has 0 saturated carbocycles. The molecule has 0 unspecified atom stereocenters. The summed E-state index contributed by atoms with van der Waals surface area (Å²) >= 11 is 0. The topological polar surface area (TPSA) is 57.8 Å². The van der Waals surface area contributed by atoms with Gasteiger partial charge in [-0.25, -0.2) is 4.98 Å². The van der Waals surface area contributed by atoms with Crippen LogP contribution in [0.1, 0.15) is 31.0 Å². The standard InChI is InChI=1S/C14H14F3N3O/c1-8(2)11-7-12(21)20-13(19-11)18-10-5-3-9(4-6-10)14(15,16)17/h3-8H,1-2H3,(H2,18,19,20,21). The van der Waals surface area contributed by atoms with Gasteiger partial charge < -0.3 is 5.32 Å². The first-order valence-electron chi connectivity index (χ1n) is 6.31. The van der Waals surface area contributed by atoms with Crippen LogP contribution in [0, 0.1) is 0 Å². The molecule has 7 heteroatoms. The molecule has 0 spiro atoms. The first kappa shape index (κ1) is 15.1. The lowest BCUT2D eigenvalue weighted by Gasteiger charge is -2.10. The van der Waals surface area contributed by atoms with Gasteiger partial charge in [0.15, 0.2) is 0 Å². The SMILES string of the molecule is CC(C)c1cc(=O)[nH]c(Nc2ccc(C(F)(F)F)cc2)n1. The number of nitrogens with one attached hydrogen (secondary N) is 2. The molecular formula is C14H14F3N3O. The Morgan fingerprint density at radius 3 is 2.33 bits per heavy atom. The second-order valence-corrected chi connectivity index (χ2v) is 4.87. The lowest BCUT2D eigenvalue weighted by atomic mass is 10.1. The third-order valence-corrected chi connectivity index (χ3v) is 2.83. The van der Waals surface area contributed by atoms with E-state index in [1.807, 2.05) is 13.8 Å². The van der Waals surface area contributed by atoms with E-state index in [1.54, 1.807) is 0 Å². The normalized spacial score (nSPS) is 11.7. The van der Waals surface area contributed by atoms with Gasteiger partial charge in [0, 0.05) is 11.8 Å².